The van der Waals surface area contributed by atoms with E-state index in [0.29, 0.717) is 0 Å². The molecule has 0 bridgehead atoms. The summed E-state index contributed by atoms with van der Waals surface area (Å²) in [7, 11) is 0. The van der Waals surface area contributed by atoms with Crippen LogP contribution in [0.15, 0.2) is 72.9 Å². The van der Waals surface area contributed by atoms with E-state index >= 15 is 0 Å². The SMILES string of the molecule is Cc1cc(C)n2cc(CN(Cc3ccccc3)c3ccccc3)nc2n1. The second-order valence-corrected chi connectivity index (χ2v) is 6.62. The van der Waals surface area contributed by atoms with Gasteiger partial charge in [-0.25, -0.2) is 9.97 Å². The topological polar surface area (TPSA) is 33.4 Å². The summed E-state index contributed by atoms with van der Waals surface area (Å²) < 4.78 is 2.06. The molecule has 2 heterocycles. The van der Waals surface area contributed by atoms with E-state index in [-0.39, 0.29) is 0 Å². The van der Waals surface area contributed by atoms with Crippen molar-refractivity contribution < 1.29 is 0 Å². The highest BCUT2D eigenvalue weighted by Crippen LogP contribution is 2.20. The van der Waals surface area contributed by atoms with Crippen LogP contribution in [-0.2, 0) is 13.1 Å². The van der Waals surface area contributed by atoms with Gasteiger partial charge in [0.2, 0.25) is 5.78 Å². The molecule has 0 saturated heterocycles. The quantitative estimate of drug-likeness (QED) is 0.533. The highest BCUT2D eigenvalue weighted by Gasteiger charge is 2.12. The van der Waals surface area contributed by atoms with Crippen LogP contribution in [-0.4, -0.2) is 14.4 Å². The summed E-state index contributed by atoms with van der Waals surface area (Å²) in [5.41, 5.74) is 5.64. The molecule has 26 heavy (non-hydrogen) atoms. The molecule has 130 valence electrons. The fraction of sp³-hybridized carbons (Fsp3) is 0.182. The molecule has 2 aromatic carbocycles. The number of hydrogen-bond acceptors (Lipinski definition) is 3. The molecule has 0 atom stereocenters. The summed E-state index contributed by atoms with van der Waals surface area (Å²) in [5, 5.41) is 0. The number of para-hydroxylation sites is 1. The van der Waals surface area contributed by atoms with Crippen LogP contribution in [0.2, 0.25) is 0 Å². The van der Waals surface area contributed by atoms with Gasteiger partial charge in [-0.1, -0.05) is 48.5 Å². The first-order valence-electron chi connectivity index (χ1n) is 8.85. The number of benzene rings is 2. The van der Waals surface area contributed by atoms with E-state index in [1.165, 1.54) is 11.3 Å². The van der Waals surface area contributed by atoms with Crippen molar-refractivity contribution >= 4 is 11.5 Å². The van der Waals surface area contributed by atoms with E-state index in [2.05, 4.69) is 88.1 Å². The molecule has 0 aliphatic rings. The van der Waals surface area contributed by atoms with E-state index < -0.39 is 0 Å². The highest BCUT2D eigenvalue weighted by molar-refractivity contribution is 5.47. The van der Waals surface area contributed by atoms with Crippen LogP contribution in [0.5, 0.6) is 0 Å². The zero-order valence-corrected chi connectivity index (χ0v) is 15.1. The fourth-order valence-electron chi connectivity index (χ4n) is 3.27. The van der Waals surface area contributed by atoms with Crippen molar-refractivity contribution in [2.75, 3.05) is 4.90 Å². The predicted octanol–water partition coefficient (Wildman–Crippen LogP) is 4.55. The molecule has 0 aliphatic carbocycles. The van der Waals surface area contributed by atoms with Crippen molar-refractivity contribution in [3.05, 3.63) is 95.6 Å². The molecule has 4 aromatic rings. The van der Waals surface area contributed by atoms with Crippen LogP contribution in [0.4, 0.5) is 5.69 Å². The number of nitrogens with zero attached hydrogens (tertiary/aromatic N) is 4. The van der Waals surface area contributed by atoms with E-state index in [0.717, 1.165) is 35.9 Å². The summed E-state index contributed by atoms with van der Waals surface area (Å²) in [6.45, 7) is 5.67. The Hall–Kier alpha value is -3.14. The lowest BCUT2D eigenvalue weighted by atomic mass is 10.2. The third kappa shape index (κ3) is 3.45. The number of aryl methyl sites for hydroxylation is 2. The van der Waals surface area contributed by atoms with Gasteiger partial charge in [0, 0.05) is 29.8 Å². The predicted molar refractivity (Wildman–Crippen MR) is 105 cm³/mol. The van der Waals surface area contributed by atoms with Crippen LogP contribution >= 0.6 is 0 Å². The number of aromatic nitrogens is 3. The third-order valence-corrected chi connectivity index (χ3v) is 4.50. The van der Waals surface area contributed by atoms with Crippen LogP contribution in [0.25, 0.3) is 5.78 Å². The molecule has 0 saturated carbocycles. The van der Waals surface area contributed by atoms with Crippen molar-refractivity contribution in [1.29, 1.82) is 0 Å². The molecule has 0 spiro atoms. The maximum atomic E-state index is 4.75. The Morgan fingerprint density at radius 1 is 0.846 bits per heavy atom. The fourth-order valence-corrected chi connectivity index (χ4v) is 3.27. The molecule has 0 N–H and O–H groups in total. The third-order valence-electron chi connectivity index (χ3n) is 4.50. The van der Waals surface area contributed by atoms with Gasteiger partial charge in [0.1, 0.15) is 0 Å². The molecule has 0 aliphatic heterocycles. The Balaban J connectivity index is 1.67. The Morgan fingerprint density at radius 3 is 2.27 bits per heavy atom. The molecule has 4 heteroatoms. The summed E-state index contributed by atoms with van der Waals surface area (Å²) in [4.78, 5) is 11.7. The first kappa shape index (κ1) is 16.3. The minimum Gasteiger partial charge on any atom is -0.361 e. The minimum atomic E-state index is 0.737. The van der Waals surface area contributed by atoms with Gasteiger partial charge in [-0.05, 0) is 37.6 Å². The van der Waals surface area contributed by atoms with Gasteiger partial charge in [0.15, 0.2) is 0 Å². The molecule has 4 nitrogen and oxygen atoms in total. The van der Waals surface area contributed by atoms with Crippen LogP contribution in [0.1, 0.15) is 22.6 Å². The zero-order chi connectivity index (χ0) is 17.9. The van der Waals surface area contributed by atoms with E-state index in [4.69, 9.17) is 4.98 Å². The van der Waals surface area contributed by atoms with E-state index in [9.17, 15) is 0 Å². The molecule has 0 unspecified atom stereocenters. The number of hydrogen-bond donors (Lipinski definition) is 0. The van der Waals surface area contributed by atoms with Crippen LogP contribution in [0.3, 0.4) is 0 Å². The first-order valence-corrected chi connectivity index (χ1v) is 8.85. The van der Waals surface area contributed by atoms with Gasteiger partial charge in [0.25, 0.3) is 0 Å². The Labute approximate surface area is 153 Å². The van der Waals surface area contributed by atoms with Crippen LogP contribution < -0.4 is 4.90 Å². The van der Waals surface area contributed by atoms with Gasteiger partial charge in [-0.15, -0.1) is 0 Å². The maximum Gasteiger partial charge on any atom is 0.234 e. The van der Waals surface area contributed by atoms with E-state index in [1.807, 2.05) is 13.0 Å². The second-order valence-electron chi connectivity index (χ2n) is 6.62. The van der Waals surface area contributed by atoms with E-state index in [1.54, 1.807) is 0 Å². The Morgan fingerprint density at radius 2 is 1.54 bits per heavy atom. The average Bonchev–Trinajstić information content (AvgIpc) is 3.05. The number of fused-ring (bicyclic) bond motifs is 1. The van der Waals surface area contributed by atoms with Crippen molar-refractivity contribution in [2.24, 2.45) is 0 Å². The molecular weight excluding hydrogens is 320 g/mol. The first-order chi connectivity index (χ1) is 12.7. The Kier molecular flexibility index (Phi) is 4.40. The van der Waals surface area contributed by atoms with Gasteiger partial charge in [-0.2, -0.15) is 0 Å². The maximum absolute atomic E-state index is 4.75. The van der Waals surface area contributed by atoms with Gasteiger partial charge < -0.3 is 4.90 Å². The standard InChI is InChI=1S/C22H22N4/c1-17-13-18(2)26-16-20(24-22(26)23-17)15-25(21-11-7-4-8-12-21)14-19-9-5-3-6-10-19/h3-13,16H,14-15H2,1-2H3. The molecule has 4 rings (SSSR count). The zero-order valence-electron chi connectivity index (χ0n) is 15.1. The second kappa shape index (κ2) is 7.00. The number of imidazole rings is 1. The smallest absolute Gasteiger partial charge is 0.234 e. The van der Waals surface area contributed by atoms with Crippen molar-refractivity contribution in [1.82, 2.24) is 14.4 Å². The molecule has 0 fully saturated rings. The largest absolute Gasteiger partial charge is 0.361 e. The number of rotatable bonds is 5. The summed E-state index contributed by atoms with van der Waals surface area (Å²) >= 11 is 0. The summed E-state index contributed by atoms with van der Waals surface area (Å²) in [6, 6.07) is 23.1. The van der Waals surface area contributed by atoms with Gasteiger partial charge in [-0.3, -0.25) is 4.40 Å². The van der Waals surface area contributed by atoms with Crippen molar-refractivity contribution in [2.45, 2.75) is 26.9 Å². The minimum absolute atomic E-state index is 0.737. The normalized spacial score (nSPS) is 11.0. The molecule has 0 amide bonds. The van der Waals surface area contributed by atoms with Crippen LogP contribution in [0, 0.1) is 13.8 Å². The van der Waals surface area contributed by atoms with Crippen molar-refractivity contribution in [3.8, 4) is 0 Å². The monoisotopic (exact) mass is 342 g/mol. The average molecular weight is 342 g/mol. The van der Waals surface area contributed by atoms with Gasteiger partial charge in [0.05, 0.1) is 12.2 Å². The molecule has 2 aromatic heterocycles. The highest BCUT2D eigenvalue weighted by atomic mass is 15.2. The van der Waals surface area contributed by atoms with Crippen molar-refractivity contribution in [3.63, 3.8) is 0 Å². The summed E-state index contributed by atoms with van der Waals surface area (Å²) in [5.74, 6) is 0.769. The Bertz CT molecular complexity index is 1010. The molecular formula is C22H22N4. The van der Waals surface area contributed by atoms with Gasteiger partial charge >= 0.3 is 0 Å². The summed E-state index contributed by atoms with van der Waals surface area (Å²) in [6.07, 6.45) is 2.10. The lowest BCUT2D eigenvalue weighted by Gasteiger charge is -2.24. The lowest BCUT2D eigenvalue weighted by molar-refractivity contribution is 0.786. The molecule has 0 radical (unpaired) electrons. The number of anilines is 1. The lowest BCUT2D eigenvalue weighted by Crippen LogP contribution is -2.22.